The molecule has 3 nitrogen and oxygen atoms in total. The van der Waals surface area contributed by atoms with Crippen molar-refractivity contribution in [3.05, 3.63) is 35.6 Å². The second kappa shape index (κ2) is 5.61. The number of nitrogens with two attached hydrogens (primary N) is 1. The van der Waals surface area contributed by atoms with Gasteiger partial charge in [-0.05, 0) is 24.1 Å². The van der Waals surface area contributed by atoms with Crippen LogP contribution in [-0.2, 0) is 11.3 Å². The molecule has 16 heavy (non-hydrogen) atoms. The SMILES string of the molecule is CC[C@@H](N)C(=O)N(C)Cc1ccc(F)cc1. The maximum atomic E-state index is 12.7. The van der Waals surface area contributed by atoms with E-state index in [0.717, 1.165) is 5.56 Å². The number of carbonyl (C=O) groups is 1. The highest BCUT2D eigenvalue weighted by molar-refractivity contribution is 5.81. The van der Waals surface area contributed by atoms with E-state index in [1.807, 2.05) is 6.92 Å². The van der Waals surface area contributed by atoms with Crippen LogP contribution < -0.4 is 5.73 Å². The van der Waals surface area contributed by atoms with Crippen LogP contribution in [0.15, 0.2) is 24.3 Å². The third-order valence-corrected chi connectivity index (χ3v) is 2.47. The van der Waals surface area contributed by atoms with E-state index in [9.17, 15) is 9.18 Å². The monoisotopic (exact) mass is 224 g/mol. The molecule has 0 bridgehead atoms. The lowest BCUT2D eigenvalue weighted by molar-refractivity contribution is -0.131. The normalized spacial score (nSPS) is 12.2. The second-order valence-corrected chi connectivity index (χ2v) is 3.84. The zero-order valence-corrected chi connectivity index (χ0v) is 9.61. The summed E-state index contributed by atoms with van der Waals surface area (Å²) in [4.78, 5) is 13.2. The molecule has 0 aliphatic heterocycles. The van der Waals surface area contributed by atoms with Gasteiger partial charge >= 0.3 is 0 Å². The summed E-state index contributed by atoms with van der Waals surface area (Å²) in [5.74, 6) is -0.366. The van der Waals surface area contributed by atoms with Crippen molar-refractivity contribution in [2.45, 2.75) is 25.9 Å². The molecule has 1 amide bonds. The molecule has 0 saturated carbocycles. The van der Waals surface area contributed by atoms with Crippen molar-refractivity contribution in [3.63, 3.8) is 0 Å². The van der Waals surface area contributed by atoms with Crippen molar-refractivity contribution in [2.24, 2.45) is 5.73 Å². The summed E-state index contributed by atoms with van der Waals surface area (Å²) >= 11 is 0. The third kappa shape index (κ3) is 3.31. The topological polar surface area (TPSA) is 46.3 Å². The number of likely N-dealkylation sites (N-methyl/N-ethyl adjacent to an activating group) is 1. The molecular formula is C12H17FN2O. The van der Waals surface area contributed by atoms with Gasteiger partial charge in [0, 0.05) is 13.6 Å². The van der Waals surface area contributed by atoms with Gasteiger partial charge in [-0.1, -0.05) is 19.1 Å². The quantitative estimate of drug-likeness (QED) is 0.842. The van der Waals surface area contributed by atoms with Gasteiger partial charge in [-0.25, -0.2) is 4.39 Å². The molecule has 88 valence electrons. The van der Waals surface area contributed by atoms with Crippen LogP contribution in [0.5, 0.6) is 0 Å². The molecule has 0 spiro atoms. The molecule has 1 rings (SSSR count). The van der Waals surface area contributed by atoms with Crippen molar-refractivity contribution in [3.8, 4) is 0 Å². The number of hydrogen-bond acceptors (Lipinski definition) is 2. The molecule has 2 N–H and O–H groups in total. The Kier molecular flexibility index (Phi) is 4.43. The zero-order valence-electron chi connectivity index (χ0n) is 9.61. The summed E-state index contributed by atoms with van der Waals surface area (Å²) in [5, 5.41) is 0. The largest absolute Gasteiger partial charge is 0.340 e. The van der Waals surface area contributed by atoms with Crippen LogP contribution in [0.3, 0.4) is 0 Å². The number of halogens is 1. The Balaban J connectivity index is 2.60. The van der Waals surface area contributed by atoms with Crippen molar-refractivity contribution in [2.75, 3.05) is 7.05 Å². The van der Waals surface area contributed by atoms with Crippen LogP contribution in [0.4, 0.5) is 4.39 Å². The molecule has 1 aromatic carbocycles. The number of benzene rings is 1. The highest BCUT2D eigenvalue weighted by Crippen LogP contribution is 2.06. The molecule has 0 unspecified atom stereocenters. The average molecular weight is 224 g/mol. The maximum Gasteiger partial charge on any atom is 0.239 e. The van der Waals surface area contributed by atoms with Crippen molar-refractivity contribution >= 4 is 5.91 Å². The molecule has 0 heterocycles. The summed E-state index contributed by atoms with van der Waals surface area (Å²) in [6.07, 6.45) is 0.618. The van der Waals surface area contributed by atoms with E-state index < -0.39 is 6.04 Å². The maximum absolute atomic E-state index is 12.7. The van der Waals surface area contributed by atoms with Gasteiger partial charge in [0.15, 0.2) is 0 Å². The fourth-order valence-electron chi connectivity index (χ4n) is 1.40. The first-order valence-corrected chi connectivity index (χ1v) is 5.29. The summed E-state index contributed by atoms with van der Waals surface area (Å²) in [6.45, 7) is 2.32. The Bertz CT molecular complexity index is 351. The molecule has 0 aromatic heterocycles. The number of rotatable bonds is 4. The van der Waals surface area contributed by atoms with Gasteiger partial charge in [-0.2, -0.15) is 0 Å². The van der Waals surface area contributed by atoms with Crippen LogP contribution in [0.25, 0.3) is 0 Å². The summed E-state index contributed by atoms with van der Waals surface area (Å²) in [5.41, 5.74) is 6.53. The van der Waals surface area contributed by atoms with E-state index >= 15 is 0 Å². The van der Waals surface area contributed by atoms with Crippen molar-refractivity contribution in [1.82, 2.24) is 4.90 Å². The number of carbonyl (C=O) groups excluding carboxylic acids is 1. The Hall–Kier alpha value is -1.42. The predicted octanol–water partition coefficient (Wildman–Crippen LogP) is 1.52. The first-order chi connectivity index (χ1) is 7.54. The number of nitrogens with zero attached hydrogens (tertiary/aromatic N) is 1. The molecule has 1 aromatic rings. The van der Waals surface area contributed by atoms with Gasteiger partial charge in [-0.15, -0.1) is 0 Å². The average Bonchev–Trinajstić information content (AvgIpc) is 2.30. The first kappa shape index (κ1) is 12.6. The molecule has 1 atom stereocenters. The molecule has 4 heteroatoms. The van der Waals surface area contributed by atoms with E-state index in [0.29, 0.717) is 13.0 Å². The Morgan fingerprint density at radius 3 is 2.50 bits per heavy atom. The molecular weight excluding hydrogens is 207 g/mol. The summed E-state index contributed by atoms with van der Waals surface area (Å²) < 4.78 is 12.7. The van der Waals surface area contributed by atoms with Crippen molar-refractivity contribution < 1.29 is 9.18 Å². The lowest BCUT2D eigenvalue weighted by atomic mass is 10.2. The molecule has 0 saturated heterocycles. The standard InChI is InChI=1S/C12H17FN2O/c1-3-11(14)12(16)15(2)8-9-4-6-10(13)7-5-9/h4-7,11H,3,8,14H2,1-2H3/t11-/m1/s1. The lowest BCUT2D eigenvalue weighted by Crippen LogP contribution is -2.40. The van der Waals surface area contributed by atoms with E-state index in [1.54, 1.807) is 24.1 Å². The fraction of sp³-hybridized carbons (Fsp3) is 0.417. The van der Waals surface area contributed by atoms with Crippen LogP contribution in [0.1, 0.15) is 18.9 Å². The number of hydrogen-bond donors (Lipinski definition) is 1. The van der Waals surface area contributed by atoms with Crippen molar-refractivity contribution in [1.29, 1.82) is 0 Å². The van der Waals surface area contributed by atoms with Gasteiger partial charge in [-0.3, -0.25) is 4.79 Å². The highest BCUT2D eigenvalue weighted by Gasteiger charge is 2.15. The van der Waals surface area contributed by atoms with Crippen LogP contribution in [0, 0.1) is 5.82 Å². The smallest absolute Gasteiger partial charge is 0.239 e. The van der Waals surface area contributed by atoms with Gasteiger partial charge in [0.2, 0.25) is 5.91 Å². The third-order valence-electron chi connectivity index (χ3n) is 2.47. The first-order valence-electron chi connectivity index (χ1n) is 5.29. The Morgan fingerprint density at radius 2 is 2.00 bits per heavy atom. The minimum Gasteiger partial charge on any atom is -0.340 e. The molecule has 0 aliphatic carbocycles. The zero-order chi connectivity index (χ0) is 12.1. The second-order valence-electron chi connectivity index (χ2n) is 3.84. The molecule has 0 radical (unpaired) electrons. The van der Waals surface area contributed by atoms with E-state index in [1.165, 1.54) is 12.1 Å². The van der Waals surface area contributed by atoms with Gasteiger partial charge in [0.1, 0.15) is 5.82 Å². The minimum absolute atomic E-state index is 0.0909. The summed E-state index contributed by atoms with van der Waals surface area (Å²) in [7, 11) is 1.70. The van der Waals surface area contributed by atoms with E-state index in [-0.39, 0.29) is 11.7 Å². The highest BCUT2D eigenvalue weighted by atomic mass is 19.1. The van der Waals surface area contributed by atoms with E-state index in [4.69, 9.17) is 5.73 Å². The van der Waals surface area contributed by atoms with Crippen LogP contribution in [0.2, 0.25) is 0 Å². The van der Waals surface area contributed by atoms with E-state index in [2.05, 4.69) is 0 Å². The van der Waals surface area contributed by atoms with Gasteiger partial charge < -0.3 is 10.6 Å². The lowest BCUT2D eigenvalue weighted by Gasteiger charge is -2.20. The number of amides is 1. The van der Waals surface area contributed by atoms with Gasteiger partial charge in [0.25, 0.3) is 0 Å². The van der Waals surface area contributed by atoms with Crippen LogP contribution >= 0.6 is 0 Å². The minimum atomic E-state index is -0.453. The van der Waals surface area contributed by atoms with Gasteiger partial charge in [0.05, 0.1) is 6.04 Å². The Labute approximate surface area is 95.0 Å². The summed E-state index contributed by atoms with van der Waals surface area (Å²) in [6, 6.07) is 5.64. The molecule has 0 aliphatic rings. The predicted molar refractivity (Wildman–Crippen MR) is 61.1 cm³/mol. The van der Waals surface area contributed by atoms with Crippen LogP contribution in [-0.4, -0.2) is 23.9 Å². The molecule has 0 fully saturated rings. The Morgan fingerprint density at radius 1 is 1.44 bits per heavy atom. The fourth-order valence-corrected chi connectivity index (χ4v) is 1.40.